The van der Waals surface area contributed by atoms with E-state index < -0.39 is 0 Å². The first kappa shape index (κ1) is 21.1. The van der Waals surface area contributed by atoms with Gasteiger partial charge in [0, 0.05) is 34.9 Å². The third kappa shape index (κ3) is 4.35. The van der Waals surface area contributed by atoms with Gasteiger partial charge in [0.2, 0.25) is 5.91 Å². The molecule has 0 fully saturated rings. The van der Waals surface area contributed by atoms with E-state index in [1.54, 1.807) is 31.2 Å². The molecular formula is C26H25ClN2O2. The van der Waals surface area contributed by atoms with E-state index in [0.717, 1.165) is 23.4 Å². The Morgan fingerprint density at radius 2 is 1.61 bits per heavy atom. The zero-order valence-electron chi connectivity index (χ0n) is 17.7. The van der Waals surface area contributed by atoms with Crippen molar-refractivity contribution in [3.8, 4) is 0 Å². The van der Waals surface area contributed by atoms with Crippen LogP contribution in [0.3, 0.4) is 0 Å². The normalized spacial score (nSPS) is 17.7. The van der Waals surface area contributed by atoms with Crippen LogP contribution in [0, 0.1) is 0 Å². The second-order valence-corrected chi connectivity index (χ2v) is 8.38. The predicted octanol–water partition coefficient (Wildman–Crippen LogP) is 5.92. The SMILES string of the molecule is CC(=O)N(c1ccccc1)C1CC(C)N(CC(=O)c2ccc(Cl)cc2)c2ccccc21. The van der Waals surface area contributed by atoms with Crippen LogP contribution in [-0.4, -0.2) is 24.3 Å². The lowest BCUT2D eigenvalue weighted by Gasteiger charge is -2.44. The molecule has 0 N–H and O–H groups in total. The van der Waals surface area contributed by atoms with Crippen LogP contribution in [0.5, 0.6) is 0 Å². The van der Waals surface area contributed by atoms with Gasteiger partial charge in [-0.05, 0) is 61.4 Å². The number of halogens is 1. The largest absolute Gasteiger partial charge is 0.361 e. The Bertz CT molecular complexity index is 1080. The Labute approximate surface area is 188 Å². The van der Waals surface area contributed by atoms with E-state index in [2.05, 4.69) is 17.9 Å². The zero-order chi connectivity index (χ0) is 22.0. The van der Waals surface area contributed by atoms with Crippen molar-refractivity contribution in [2.24, 2.45) is 0 Å². The van der Waals surface area contributed by atoms with Gasteiger partial charge in [-0.1, -0.05) is 48.0 Å². The summed E-state index contributed by atoms with van der Waals surface area (Å²) in [6.07, 6.45) is 0.736. The number of anilines is 2. The van der Waals surface area contributed by atoms with Crippen molar-refractivity contribution in [1.29, 1.82) is 0 Å². The summed E-state index contributed by atoms with van der Waals surface area (Å²) in [5.74, 6) is 0.0483. The zero-order valence-corrected chi connectivity index (χ0v) is 18.4. The third-order valence-corrected chi connectivity index (χ3v) is 6.12. The number of hydrogen-bond donors (Lipinski definition) is 0. The number of carbonyl (C=O) groups excluding carboxylic acids is 2. The maximum absolute atomic E-state index is 13.0. The lowest BCUT2D eigenvalue weighted by atomic mass is 9.89. The standard InChI is InChI=1S/C26H25ClN2O2/c1-18-16-25(29(19(2)30)22-8-4-3-5-9-22)23-10-6-7-11-24(23)28(18)17-26(31)20-12-14-21(27)15-13-20/h3-15,18,25H,16-17H2,1-2H3. The number of fused-ring (bicyclic) bond motifs is 1. The molecule has 1 aliphatic rings. The summed E-state index contributed by atoms with van der Waals surface area (Å²) < 4.78 is 0. The number of Topliss-reactive ketones (excluding diaryl/α,β-unsaturated/α-hetero) is 1. The van der Waals surface area contributed by atoms with Crippen molar-refractivity contribution in [3.05, 3.63) is 95.0 Å². The minimum absolute atomic E-state index is 0.00361. The van der Waals surface area contributed by atoms with Crippen molar-refractivity contribution < 1.29 is 9.59 Å². The number of para-hydroxylation sites is 2. The van der Waals surface area contributed by atoms with Gasteiger partial charge in [-0.3, -0.25) is 9.59 Å². The molecule has 2 unspecified atom stereocenters. The summed E-state index contributed by atoms with van der Waals surface area (Å²) in [6, 6.07) is 24.8. The van der Waals surface area contributed by atoms with Crippen LogP contribution in [-0.2, 0) is 4.79 Å². The van der Waals surface area contributed by atoms with E-state index in [0.29, 0.717) is 10.6 Å². The molecule has 0 aromatic heterocycles. The lowest BCUT2D eigenvalue weighted by molar-refractivity contribution is -0.117. The Morgan fingerprint density at radius 3 is 2.29 bits per heavy atom. The molecule has 1 amide bonds. The summed E-state index contributed by atoms with van der Waals surface area (Å²) >= 11 is 5.97. The molecule has 0 aliphatic carbocycles. The van der Waals surface area contributed by atoms with Crippen LogP contribution in [0.4, 0.5) is 11.4 Å². The molecule has 1 heterocycles. The molecule has 4 rings (SSSR count). The van der Waals surface area contributed by atoms with E-state index in [1.807, 2.05) is 53.4 Å². The van der Waals surface area contributed by atoms with Crippen molar-refractivity contribution in [2.75, 3.05) is 16.3 Å². The maximum Gasteiger partial charge on any atom is 0.224 e. The fraction of sp³-hybridized carbons (Fsp3) is 0.231. The van der Waals surface area contributed by atoms with Crippen LogP contribution in [0.1, 0.15) is 42.2 Å². The fourth-order valence-electron chi connectivity index (χ4n) is 4.38. The van der Waals surface area contributed by atoms with Crippen molar-refractivity contribution in [3.63, 3.8) is 0 Å². The minimum Gasteiger partial charge on any atom is -0.361 e. The number of amides is 1. The van der Waals surface area contributed by atoms with Gasteiger partial charge in [0.15, 0.2) is 5.78 Å². The third-order valence-electron chi connectivity index (χ3n) is 5.87. The van der Waals surface area contributed by atoms with Gasteiger partial charge in [-0.25, -0.2) is 0 Å². The van der Waals surface area contributed by atoms with Gasteiger partial charge >= 0.3 is 0 Å². The van der Waals surface area contributed by atoms with E-state index in [9.17, 15) is 9.59 Å². The summed E-state index contributed by atoms with van der Waals surface area (Å²) in [6.45, 7) is 4.00. The molecule has 3 aromatic carbocycles. The Morgan fingerprint density at radius 1 is 0.968 bits per heavy atom. The highest BCUT2D eigenvalue weighted by molar-refractivity contribution is 6.30. The Kier molecular flexibility index (Phi) is 6.10. The topological polar surface area (TPSA) is 40.6 Å². The highest BCUT2D eigenvalue weighted by Gasteiger charge is 2.35. The van der Waals surface area contributed by atoms with Gasteiger partial charge in [0.25, 0.3) is 0 Å². The Hall–Kier alpha value is -3.11. The molecule has 158 valence electrons. The van der Waals surface area contributed by atoms with Gasteiger partial charge < -0.3 is 9.80 Å². The summed E-state index contributed by atoms with van der Waals surface area (Å²) in [5, 5.41) is 0.612. The van der Waals surface area contributed by atoms with Gasteiger partial charge in [0.05, 0.1) is 12.6 Å². The first-order valence-corrected chi connectivity index (χ1v) is 10.8. The second-order valence-electron chi connectivity index (χ2n) is 7.94. The van der Waals surface area contributed by atoms with Crippen LogP contribution < -0.4 is 9.80 Å². The number of carbonyl (C=O) groups is 2. The molecule has 31 heavy (non-hydrogen) atoms. The molecule has 0 saturated heterocycles. The number of ketones is 1. The monoisotopic (exact) mass is 432 g/mol. The van der Waals surface area contributed by atoms with Gasteiger partial charge in [-0.2, -0.15) is 0 Å². The lowest BCUT2D eigenvalue weighted by Crippen LogP contribution is -2.46. The molecule has 0 saturated carbocycles. The van der Waals surface area contributed by atoms with Crippen LogP contribution >= 0.6 is 11.6 Å². The number of hydrogen-bond acceptors (Lipinski definition) is 3. The molecule has 1 aliphatic heterocycles. The maximum atomic E-state index is 13.0. The Balaban J connectivity index is 1.68. The number of nitrogens with zero attached hydrogens (tertiary/aromatic N) is 2. The molecule has 5 heteroatoms. The number of benzene rings is 3. The van der Waals surface area contributed by atoms with Crippen LogP contribution in [0.15, 0.2) is 78.9 Å². The van der Waals surface area contributed by atoms with Gasteiger partial charge in [0.1, 0.15) is 0 Å². The molecular weight excluding hydrogens is 408 g/mol. The van der Waals surface area contributed by atoms with E-state index in [1.165, 1.54) is 0 Å². The fourth-order valence-corrected chi connectivity index (χ4v) is 4.51. The van der Waals surface area contributed by atoms with Crippen LogP contribution in [0.2, 0.25) is 5.02 Å². The molecule has 0 radical (unpaired) electrons. The first-order valence-electron chi connectivity index (χ1n) is 10.4. The quantitative estimate of drug-likeness (QED) is 0.470. The summed E-state index contributed by atoms with van der Waals surface area (Å²) in [7, 11) is 0. The van der Waals surface area contributed by atoms with Gasteiger partial charge in [-0.15, -0.1) is 0 Å². The second kappa shape index (κ2) is 8.94. The number of rotatable bonds is 5. The van der Waals surface area contributed by atoms with Crippen LogP contribution in [0.25, 0.3) is 0 Å². The highest BCUT2D eigenvalue weighted by atomic mass is 35.5. The van der Waals surface area contributed by atoms with E-state index in [-0.39, 0.29) is 30.3 Å². The highest BCUT2D eigenvalue weighted by Crippen LogP contribution is 2.42. The van der Waals surface area contributed by atoms with Crippen molar-refractivity contribution in [2.45, 2.75) is 32.4 Å². The average molecular weight is 433 g/mol. The summed E-state index contributed by atoms with van der Waals surface area (Å²) in [5.41, 5.74) is 3.58. The molecule has 0 spiro atoms. The molecule has 4 nitrogen and oxygen atoms in total. The van der Waals surface area contributed by atoms with E-state index >= 15 is 0 Å². The first-order chi connectivity index (χ1) is 15.0. The van der Waals surface area contributed by atoms with Crippen molar-refractivity contribution >= 4 is 34.7 Å². The predicted molar refractivity (Wildman–Crippen MR) is 126 cm³/mol. The van der Waals surface area contributed by atoms with E-state index in [4.69, 9.17) is 11.6 Å². The average Bonchev–Trinajstić information content (AvgIpc) is 2.77. The molecule has 3 aromatic rings. The molecule has 0 bridgehead atoms. The van der Waals surface area contributed by atoms with Crippen molar-refractivity contribution in [1.82, 2.24) is 0 Å². The smallest absolute Gasteiger partial charge is 0.224 e. The summed E-state index contributed by atoms with van der Waals surface area (Å²) in [4.78, 5) is 29.7. The minimum atomic E-state index is -0.0898. The molecule has 2 atom stereocenters.